The van der Waals surface area contributed by atoms with Crippen LogP contribution in [0.25, 0.3) is 0 Å². The molecule has 28 heavy (non-hydrogen) atoms. The number of likely N-dealkylation sites (N-methyl/N-ethyl adjacent to an activating group) is 1. The van der Waals surface area contributed by atoms with E-state index in [4.69, 9.17) is 9.47 Å². The Bertz CT molecular complexity index is 777. The molecule has 0 saturated carbocycles. The number of benzene rings is 2. The molecule has 0 spiro atoms. The quantitative estimate of drug-likeness (QED) is 0.798. The lowest BCUT2D eigenvalue weighted by atomic mass is 10.1. The van der Waals surface area contributed by atoms with Crippen molar-refractivity contribution in [3.8, 4) is 11.5 Å². The number of hydrogen-bond donors (Lipinski definition) is 1. The number of carbonyl (C=O) groups is 1. The molecule has 2 aromatic carbocycles. The molecular formula is C22H29N3O3. The summed E-state index contributed by atoms with van der Waals surface area (Å²) in [5.74, 6) is 1.48. The zero-order valence-electron chi connectivity index (χ0n) is 16.9. The van der Waals surface area contributed by atoms with Crippen molar-refractivity contribution >= 4 is 6.03 Å². The van der Waals surface area contributed by atoms with Gasteiger partial charge in [0.1, 0.15) is 6.61 Å². The molecule has 0 bridgehead atoms. The van der Waals surface area contributed by atoms with Gasteiger partial charge in [-0.25, -0.2) is 4.79 Å². The molecule has 6 nitrogen and oxygen atoms in total. The van der Waals surface area contributed by atoms with E-state index < -0.39 is 0 Å². The van der Waals surface area contributed by atoms with E-state index in [1.165, 1.54) is 5.56 Å². The summed E-state index contributed by atoms with van der Waals surface area (Å²) in [7, 11) is 4.10. The van der Waals surface area contributed by atoms with Crippen LogP contribution >= 0.6 is 0 Å². The van der Waals surface area contributed by atoms with Gasteiger partial charge in [-0.3, -0.25) is 0 Å². The molecule has 0 saturated heterocycles. The third-order valence-corrected chi connectivity index (χ3v) is 4.63. The number of fused-ring (bicyclic) bond motifs is 1. The van der Waals surface area contributed by atoms with Gasteiger partial charge in [0.15, 0.2) is 17.6 Å². The van der Waals surface area contributed by atoms with Crippen molar-refractivity contribution < 1.29 is 14.3 Å². The minimum atomic E-state index is -0.175. The van der Waals surface area contributed by atoms with Crippen molar-refractivity contribution in [2.75, 3.05) is 33.8 Å². The molecule has 1 aliphatic rings. The van der Waals surface area contributed by atoms with E-state index in [1.54, 1.807) is 4.90 Å². The smallest absolute Gasteiger partial charge is 0.317 e. The second-order valence-electron chi connectivity index (χ2n) is 7.25. The molecule has 1 unspecified atom stereocenters. The number of ether oxygens (including phenoxy) is 2. The van der Waals surface area contributed by atoms with Crippen LogP contribution in [0.3, 0.4) is 0 Å². The first-order valence-corrected chi connectivity index (χ1v) is 9.69. The maximum atomic E-state index is 12.6. The molecule has 1 atom stereocenters. The molecule has 0 aromatic heterocycles. The van der Waals surface area contributed by atoms with Crippen molar-refractivity contribution in [3.05, 3.63) is 59.7 Å². The van der Waals surface area contributed by atoms with Crippen molar-refractivity contribution in [1.29, 1.82) is 0 Å². The highest BCUT2D eigenvalue weighted by atomic mass is 16.6. The molecule has 150 valence electrons. The van der Waals surface area contributed by atoms with Crippen LogP contribution in [-0.4, -0.2) is 55.7 Å². The third-order valence-electron chi connectivity index (χ3n) is 4.63. The maximum absolute atomic E-state index is 12.6. The summed E-state index contributed by atoms with van der Waals surface area (Å²) < 4.78 is 11.7. The number of urea groups is 1. The van der Waals surface area contributed by atoms with Crippen molar-refractivity contribution in [2.45, 2.75) is 26.1 Å². The lowest BCUT2D eigenvalue weighted by Crippen LogP contribution is -2.47. The number of nitrogens with one attached hydrogen (secondary N) is 1. The second-order valence-corrected chi connectivity index (χ2v) is 7.25. The van der Waals surface area contributed by atoms with Gasteiger partial charge in [0.2, 0.25) is 0 Å². The number of hydrogen-bond acceptors (Lipinski definition) is 4. The normalized spacial score (nSPS) is 15.4. The molecule has 0 fully saturated rings. The first-order chi connectivity index (χ1) is 13.5. The Morgan fingerprint density at radius 2 is 1.75 bits per heavy atom. The van der Waals surface area contributed by atoms with E-state index >= 15 is 0 Å². The van der Waals surface area contributed by atoms with Gasteiger partial charge in [-0.05, 0) is 44.3 Å². The zero-order chi connectivity index (χ0) is 19.9. The SMILES string of the molecule is CCN(CC1COc2ccccc2O1)C(=O)NCc1ccc(CN(C)C)cc1. The van der Waals surface area contributed by atoms with Crippen LogP contribution in [-0.2, 0) is 13.1 Å². The second kappa shape index (κ2) is 9.46. The Balaban J connectivity index is 1.50. The van der Waals surface area contributed by atoms with Gasteiger partial charge in [-0.2, -0.15) is 0 Å². The highest BCUT2D eigenvalue weighted by molar-refractivity contribution is 5.74. The van der Waals surface area contributed by atoms with E-state index in [9.17, 15) is 4.79 Å². The van der Waals surface area contributed by atoms with Gasteiger partial charge in [0.05, 0.1) is 6.54 Å². The van der Waals surface area contributed by atoms with Gasteiger partial charge in [0, 0.05) is 19.6 Å². The topological polar surface area (TPSA) is 54.0 Å². The van der Waals surface area contributed by atoms with Crippen LogP contribution in [0.1, 0.15) is 18.1 Å². The molecule has 2 amide bonds. The van der Waals surface area contributed by atoms with Crippen LogP contribution in [0.5, 0.6) is 11.5 Å². The largest absolute Gasteiger partial charge is 0.486 e. The highest BCUT2D eigenvalue weighted by Gasteiger charge is 2.24. The van der Waals surface area contributed by atoms with Crippen LogP contribution < -0.4 is 14.8 Å². The van der Waals surface area contributed by atoms with Gasteiger partial charge < -0.3 is 24.6 Å². The standard InChI is InChI=1S/C22H29N3O3/c1-4-25(15-19-16-27-20-7-5-6-8-21(20)28-19)22(26)23-13-17-9-11-18(12-10-17)14-24(2)3/h5-12,19H,4,13-16H2,1-3H3,(H,23,26). The minimum absolute atomic E-state index is 0.0951. The Morgan fingerprint density at radius 3 is 2.43 bits per heavy atom. The third kappa shape index (κ3) is 5.39. The molecule has 0 aliphatic carbocycles. The molecule has 0 radical (unpaired) electrons. The number of rotatable bonds is 7. The fraction of sp³-hybridized carbons (Fsp3) is 0.409. The van der Waals surface area contributed by atoms with E-state index in [2.05, 4.69) is 34.5 Å². The summed E-state index contributed by atoms with van der Waals surface area (Å²) in [5.41, 5.74) is 2.34. The molecule has 1 heterocycles. The lowest BCUT2D eigenvalue weighted by molar-refractivity contribution is 0.0675. The van der Waals surface area contributed by atoms with E-state index in [0.29, 0.717) is 26.2 Å². The van der Waals surface area contributed by atoms with Crippen LogP contribution in [0, 0.1) is 0 Å². The van der Waals surface area contributed by atoms with Crippen LogP contribution in [0.2, 0.25) is 0 Å². The number of para-hydroxylation sites is 2. The van der Waals surface area contributed by atoms with E-state index in [0.717, 1.165) is 23.6 Å². The molecule has 3 rings (SSSR count). The number of carbonyl (C=O) groups excluding carboxylic acids is 1. The lowest BCUT2D eigenvalue weighted by Gasteiger charge is -2.31. The molecule has 1 N–H and O–H groups in total. The summed E-state index contributed by atoms with van der Waals surface area (Å²) in [5, 5.41) is 3.00. The summed E-state index contributed by atoms with van der Waals surface area (Å²) in [4.78, 5) is 16.5. The predicted octanol–water partition coefficient (Wildman–Crippen LogP) is 3.12. The number of nitrogens with zero attached hydrogens (tertiary/aromatic N) is 2. The summed E-state index contributed by atoms with van der Waals surface area (Å²) in [6, 6.07) is 15.8. The molecule has 6 heteroatoms. The summed E-state index contributed by atoms with van der Waals surface area (Å²) in [6.07, 6.45) is -0.175. The zero-order valence-corrected chi connectivity index (χ0v) is 16.9. The first kappa shape index (κ1) is 20.0. The fourth-order valence-electron chi connectivity index (χ4n) is 3.17. The Hall–Kier alpha value is -2.73. The molecular weight excluding hydrogens is 354 g/mol. The van der Waals surface area contributed by atoms with Gasteiger partial charge in [-0.1, -0.05) is 36.4 Å². The molecule has 1 aliphatic heterocycles. The van der Waals surface area contributed by atoms with Crippen molar-refractivity contribution in [1.82, 2.24) is 15.1 Å². The fourth-order valence-corrected chi connectivity index (χ4v) is 3.17. The average Bonchev–Trinajstić information content (AvgIpc) is 2.70. The summed E-state index contributed by atoms with van der Waals surface area (Å²) in [6.45, 7) is 4.90. The molecule has 2 aromatic rings. The monoisotopic (exact) mass is 383 g/mol. The predicted molar refractivity (Wildman–Crippen MR) is 110 cm³/mol. The van der Waals surface area contributed by atoms with Crippen LogP contribution in [0.4, 0.5) is 4.79 Å². The maximum Gasteiger partial charge on any atom is 0.317 e. The summed E-state index contributed by atoms with van der Waals surface area (Å²) >= 11 is 0. The van der Waals surface area contributed by atoms with Gasteiger partial charge in [0.25, 0.3) is 0 Å². The van der Waals surface area contributed by atoms with Crippen molar-refractivity contribution in [3.63, 3.8) is 0 Å². The van der Waals surface area contributed by atoms with Crippen molar-refractivity contribution in [2.24, 2.45) is 0 Å². The minimum Gasteiger partial charge on any atom is -0.486 e. The van der Waals surface area contributed by atoms with Gasteiger partial charge >= 0.3 is 6.03 Å². The highest BCUT2D eigenvalue weighted by Crippen LogP contribution is 2.31. The van der Waals surface area contributed by atoms with Crippen LogP contribution in [0.15, 0.2) is 48.5 Å². The Labute approximate surface area is 167 Å². The number of amides is 2. The van der Waals surface area contributed by atoms with E-state index in [1.807, 2.05) is 45.3 Å². The Morgan fingerprint density at radius 1 is 1.07 bits per heavy atom. The van der Waals surface area contributed by atoms with E-state index in [-0.39, 0.29) is 12.1 Å². The first-order valence-electron chi connectivity index (χ1n) is 9.69. The van der Waals surface area contributed by atoms with Gasteiger partial charge in [-0.15, -0.1) is 0 Å². The average molecular weight is 383 g/mol. The Kier molecular flexibility index (Phi) is 6.76.